The highest BCUT2D eigenvalue weighted by molar-refractivity contribution is 5.80. The van der Waals surface area contributed by atoms with Crippen molar-refractivity contribution in [2.75, 3.05) is 26.7 Å². The monoisotopic (exact) mass is 301 g/mol. The van der Waals surface area contributed by atoms with Gasteiger partial charge in [-0.15, -0.1) is 0 Å². The van der Waals surface area contributed by atoms with Crippen LogP contribution in [0, 0.1) is 0 Å². The van der Waals surface area contributed by atoms with E-state index in [1.807, 2.05) is 6.92 Å². The first kappa shape index (κ1) is 19.7. The van der Waals surface area contributed by atoms with Crippen molar-refractivity contribution in [3.05, 3.63) is 0 Å². The van der Waals surface area contributed by atoms with E-state index in [2.05, 4.69) is 34.2 Å². The molecule has 0 aliphatic carbocycles. The number of esters is 1. The quantitative estimate of drug-likeness (QED) is 0.323. The number of aliphatic imine (C=N–C) groups is 1. The average molecular weight is 301 g/mol. The molecule has 0 fully saturated rings. The highest BCUT2D eigenvalue weighted by Crippen LogP contribution is 2.19. The number of methoxy groups -OCH3 is 1. The number of carbonyl (C=O) groups is 1. The summed E-state index contributed by atoms with van der Waals surface area (Å²) in [5, 5.41) is 16.7. The molecule has 0 saturated heterocycles. The molecule has 0 amide bonds. The Kier molecular flexibility index (Phi) is 10.7. The van der Waals surface area contributed by atoms with Crippen molar-refractivity contribution in [3.8, 4) is 0 Å². The zero-order valence-electron chi connectivity index (χ0n) is 13.9. The second-order valence-corrected chi connectivity index (χ2v) is 5.17. The summed E-state index contributed by atoms with van der Waals surface area (Å²) in [4.78, 5) is 15.5. The lowest BCUT2D eigenvalue weighted by Crippen LogP contribution is -2.40. The molecule has 0 radical (unpaired) electrons. The Bertz CT molecular complexity index is 313. The van der Waals surface area contributed by atoms with Crippen molar-refractivity contribution in [2.45, 2.75) is 58.5 Å². The number of carbonyl (C=O) groups excluding carboxylic acids is 1. The molecule has 0 heterocycles. The van der Waals surface area contributed by atoms with E-state index < -0.39 is 5.60 Å². The maximum atomic E-state index is 11.1. The summed E-state index contributed by atoms with van der Waals surface area (Å²) in [6, 6.07) is 0. The highest BCUT2D eigenvalue weighted by Gasteiger charge is 2.24. The summed E-state index contributed by atoms with van der Waals surface area (Å²) in [5.41, 5.74) is -0.742. The normalized spacial score (nSPS) is 12.1. The van der Waals surface area contributed by atoms with Gasteiger partial charge in [0.2, 0.25) is 0 Å². The summed E-state index contributed by atoms with van der Waals surface area (Å²) in [7, 11) is 1.37. The Labute approximate surface area is 128 Å². The maximum absolute atomic E-state index is 11.1. The molecule has 21 heavy (non-hydrogen) atoms. The van der Waals surface area contributed by atoms with Gasteiger partial charge in [-0.3, -0.25) is 9.79 Å². The van der Waals surface area contributed by atoms with E-state index in [0.29, 0.717) is 19.0 Å². The zero-order valence-corrected chi connectivity index (χ0v) is 13.9. The third kappa shape index (κ3) is 9.28. The average Bonchev–Trinajstić information content (AvgIpc) is 2.45. The maximum Gasteiger partial charge on any atom is 0.307 e. The fourth-order valence-electron chi connectivity index (χ4n) is 2.17. The van der Waals surface area contributed by atoms with Crippen LogP contribution in [-0.2, 0) is 9.53 Å². The number of nitrogens with one attached hydrogen (secondary N) is 2. The van der Waals surface area contributed by atoms with Crippen molar-refractivity contribution in [2.24, 2.45) is 4.99 Å². The van der Waals surface area contributed by atoms with Crippen molar-refractivity contribution >= 4 is 11.9 Å². The molecule has 6 nitrogen and oxygen atoms in total. The first-order valence-electron chi connectivity index (χ1n) is 7.82. The second-order valence-electron chi connectivity index (χ2n) is 5.17. The predicted molar refractivity (Wildman–Crippen MR) is 85.4 cm³/mol. The zero-order chi connectivity index (χ0) is 16.1. The summed E-state index contributed by atoms with van der Waals surface area (Å²) < 4.78 is 4.59. The van der Waals surface area contributed by atoms with Gasteiger partial charge in [-0.1, -0.05) is 26.7 Å². The minimum atomic E-state index is -0.742. The molecule has 6 heteroatoms. The van der Waals surface area contributed by atoms with Crippen LogP contribution >= 0.6 is 0 Å². The van der Waals surface area contributed by atoms with E-state index in [1.54, 1.807) is 0 Å². The number of aliphatic hydroxyl groups is 1. The van der Waals surface area contributed by atoms with Gasteiger partial charge < -0.3 is 20.5 Å². The van der Waals surface area contributed by atoms with Gasteiger partial charge in [0.05, 0.1) is 25.7 Å². The molecule has 0 rings (SSSR count). The fourth-order valence-corrected chi connectivity index (χ4v) is 2.17. The van der Waals surface area contributed by atoms with Crippen LogP contribution in [-0.4, -0.2) is 49.4 Å². The number of nitrogens with zero attached hydrogens (tertiary/aromatic N) is 1. The first-order chi connectivity index (χ1) is 10.0. The van der Waals surface area contributed by atoms with Crippen LogP contribution in [0.15, 0.2) is 4.99 Å². The van der Waals surface area contributed by atoms with Crippen LogP contribution in [0.25, 0.3) is 0 Å². The molecule has 124 valence electrons. The molecule has 0 unspecified atom stereocenters. The number of hydrogen-bond acceptors (Lipinski definition) is 4. The molecule has 0 aliphatic rings. The lowest BCUT2D eigenvalue weighted by Gasteiger charge is -2.26. The standard InChI is InChI=1S/C15H31N3O3/c1-5-9-15(20,10-6-2)12-18-14(16-7-3)17-11-8-13(19)21-4/h20H,5-12H2,1-4H3,(H2,16,17,18). The molecule has 0 bridgehead atoms. The van der Waals surface area contributed by atoms with Crippen molar-refractivity contribution < 1.29 is 14.6 Å². The number of hydrogen-bond donors (Lipinski definition) is 3. The second kappa shape index (κ2) is 11.4. The highest BCUT2D eigenvalue weighted by atomic mass is 16.5. The van der Waals surface area contributed by atoms with E-state index in [0.717, 1.165) is 32.2 Å². The third-order valence-electron chi connectivity index (χ3n) is 3.16. The van der Waals surface area contributed by atoms with E-state index in [-0.39, 0.29) is 12.4 Å². The van der Waals surface area contributed by atoms with Gasteiger partial charge in [0.25, 0.3) is 0 Å². The number of ether oxygens (including phenoxy) is 1. The van der Waals surface area contributed by atoms with Crippen LogP contribution in [0.1, 0.15) is 52.9 Å². The SMILES string of the molecule is CCCC(O)(CCC)CN=C(NCC)NCCC(=O)OC. The topological polar surface area (TPSA) is 83.0 Å². The molecule has 0 aromatic rings. The molecule has 0 aliphatic heterocycles. The van der Waals surface area contributed by atoms with Crippen LogP contribution < -0.4 is 10.6 Å². The Hall–Kier alpha value is -1.30. The largest absolute Gasteiger partial charge is 0.469 e. The predicted octanol–water partition coefficient (Wildman–Crippen LogP) is 1.44. The van der Waals surface area contributed by atoms with Gasteiger partial charge in [0.15, 0.2) is 5.96 Å². The number of guanidine groups is 1. The Balaban J connectivity index is 4.50. The van der Waals surface area contributed by atoms with Crippen LogP contribution in [0.2, 0.25) is 0 Å². The van der Waals surface area contributed by atoms with E-state index >= 15 is 0 Å². The molecular formula is C15H31N3O3. The fraction of sp³-hybridized carbons (Fsp3) is 0.867. The van der Waals surface area contributed by atoms with Gasteiger partial charge in [0, 0.05) is 13.1 Å². The van der Waals surface area contributed by atoms with Gasteiger partial charge >= 0.3 is 5.97 Å². The van der Waals surface area contributed by atoms with Gasteiger partial charge in [-0.2, -0.15) is 0 Å². The van der Waals surface area contributed by atoms with Crippen LogP contribution in [0.5, 0.6) is 0 Å². The van der Waals surface area contributed by atoms with Crippen molar-refractivity contribution in [3.63, 3.8) is 0 Å². The minimum absolute atomic E-state index is 0.258. The van der Waals surface area contributed by atoms with Gasteiger partial charge in [-0.05, 0) is 19.8 Å². The van der Waals surface area contributed by atoms with E-state index in [1.165, 1.54) is 7.11 Å². The lowest BCUT2D eigenvalue weighted by atomic mass is 9.93. The van der Waals surface area contributed by atoms with Crippen LogP contribution in [0.4, 0.5) is 0 Å². The number of rotatable bonds is 10. The van der Waals surface area contributed by atoms with E-state index in [9.17, 15) is 9.90 Å². The smallest absolute Gasteiger partial charge is 0.307 e. The molecule has 0 aromatic carbocycles. The first-order valence-corrected chi connectivity index (χ1v) is 7.82. The Morgan fingerprint density at radius 1 is 1.19 bits per heavy atom. The summed E-state index contributed by atoms with van der Waals surface area (Å²) >= 11 is 0. The van der Waals surface area contributed by atoms with Gasteiger partial charge in [-0.25, -0.2) is 0 Å². The van der Waals surface area contributed by atoms with Gasteiger partial charge in [0.1, 0.15) is 0 Å². The summed E-state index contributed by atoms with van der Waals surface area (Å²) in [5.74, 6) is 0.360. The minimum Gasteiger partial charge on any atom is -0.469 e. The van der Waals surface area contributed by atoms with Crippen molar-refractivity contribution in [1.82, 2.24) is 10.6 Å². The Morgan fingerprint density at radius 3 is 2.29 bits per heavy atom. The Morgan fingerprint density at radius 2 is 1.81 bits per heavy atom. The lowest BCUT2D eigenvalue weighted by molar-refractivity contribution is -0.140. The molecule has 3 N–H and O–H groups in total. The van der Waals surface area contributed by atoms with Crippen LogP contribution in [0.3, 0.4) is 0 Å². The molecule has 0 saturated carbocycles. The summed E-state index contributed by atoms with van der Waals surface area (Å²) in [6.07, 6.45) is 3.63. The van der Waals surface area contributed by atoms with Crippen molar-refractivity contribution in [1.29, 1.82) is 0 Å². The molecule has 0 aromatic heterocycles. The molecule has 0 atom stereocenters. The molecule has 0 spiro atoms. The summed E-state index contributed by atoms with van der Waals surface area (Å²) in [6.45, 7) is 7.64. The molecular weight excluding hydrogens is 270 g/mol. The van der Waals surface area contributed by atoms with E-state index in [4.69, 9.17) is 0 Å². The third-order valence-corrected chi connectivity index (χ3v) is 3.16.